The van der Waals surface area contributed by atoms with Crippen molar-refractivity contribution in [2.24, 2.45) is 0 Å². The smallest absolute Gasteiger partial charge is 0.397 e. The predicted octanol–water partition coefficient (Wildman–Crippen LogP) is 5.92. The molecule has 5 aromatic rings. The van der Waals surface area contributed by atoms with Crippen LogP contribution < -0.4 is 5.73 Å². The second-order valence-electron chi connectivity index (χ2n) is 6.45. The Morgan fingerprint density at radius 1 is 1.10 bits per heavy atom. The largest absolute Gasteiger partial charge is 0.417 e. The number of benzene rings is 1. The number of fused-ring (bicyclic) bond motifs is 1. The summed E-state index contributed by atoms with van der Waals surface area (Å²) in [5, 5.41) is 13.8. The topological polar surface area (TPSA) is 82.5 Å². The van der Waals surface area contributed by atoms with E-state index in [2.05, 4.69) is 20.5 Å². The van der Waals surface area contributed by atoms with Crippen LogP contribution in [-0.2, 0) is 6.18 Å². The Bertz CT molecular complexity index is 1390. The van der Waals surface area contributed by atoms with Crippen molar-refractivity contribution in [1.82, 2.24) is 25.2 Å². The Balaban J connectivity index is 1.75. The Hall–Kier alpha value is -3.02. The van der Waals surface area contributed by atoms with E-state index < -0.39 is 11.7 Å². The highest BCUT2D eigenvalue weighted by atomic mass is 35.5. The van der Waals surface area contributed by atoms with Crippen LogP contribution in [0.5, 0.6) is 0 Å². The van der Waals surface area contributed by atoms with Crippen LogP contribution in [0.3, 0.4) is 0 Å². The Morgan fingerprint density at radius 3 is 2.55 bits per heavy atom. The number of thiophene rings is 2. The number of alkyl halides is 3. The van der Waals surface area contributed by atoms with Crippen molar-refractivity contribution >= 4 is 50.2 Å². The lowest BCUT2D eigenvalue weighted by Gasteiger charge is -2.10. The fraction of sp³-hybridized carbons (Fsp3) is 0.0526. The summed E-state index contributed by atoms with van der Waals surface area (Å²) in [6.45, 7) is 0. The number of rotatable bonds is 3. The van der Waals surface area contributed by atoms with E-state index in [0.717, 1.165) is 17.4 Å². The van der Waals surface area contributed by atoms with E-state index in [1.165, 1.54) is 16.0 Å². The lowest BCUT2D eigenvalue weighted by atomic mass is 10.1. The molecule has 156 valence electrons. The molecule has 31 heavy (non-hydrogen) atoms. The van der Waals surface area contributed by atoms with Gasteiger partial charge in [-0.05, 0) is 52.2 Å². The van der Waals surface area contributed by atoms with Crippen molar-refractivity contribution in [3.63, 3.8) is 0 Å². The molecule has 0 spiro atoms. The summed E-state index contributed by atoms with van der Waals surface area (Å²) < 4.78 is 43.2. The molecule has 0 bridgehead atoms. The first-order valence-electron chi connectivity index (χ1n) is 8.71. The van der Waals surface area contributed by atoms with Crippen LogP contribution in [0.2, 0.25) is 5.02 Å². The summed E-state index contributed by atoms with van der Waals surface area (Å²) in [5.74, 6) is 0.216. The van der Waals surface area contributed by atoms with E-state index in [-0.39, 0.29) is 27.4 Å². The molecule has 0 aliphatic carbocycles. The van der Waals surface area contributed by atoms with Gasteiger partial charge in [0.1, 0.15) is 4.83 Å². The van der Waals surface area contributed by atoms with E-state index in [0.29, 0.717) is 20.5 Å². The Kier molecular flexibility index (Phi) is 4.68. The van der Waals surface area contributed by atoms with Crippen LogP contribution in [0.25, 0.3) is 37.2 Å². The third kappa shape index (κ3) is 3.44. The number of nitrogens with zero attached hydrogens (tertiary/aromatic N) is 5. The first kappa shape index (κ1) is 19.9. The Labute approximate surface area is 185 Å². The first-order chi connectivity index (χ1) is 14.8. The van der Waals surface area contributed by atoms with Gasteiger partial charge in [0, 0.05) is 10.4 Å². The summed E-state index contributed by atoms with van der Waals surface area (Å²) >= 11 is 8.26. The number of aromatic nitrogens is 5. The van der Waals surface area contributed by atoms with Crippen LogP contribution in [-0.4, -0.2) is 25.2 Å². The molecule has 0 saturated carbocycles. The molecular weight excluding hydrogens is 469 g/mol. The molecule has 0 aliphatic rings. The van der Waals surface area contributed by atoms with Crippen molar-refractivity contribution in [2.45, 2.75) is 6.18 Å². The van der Waals surface area contributed by atoms with Gasteiger partial charge in [-0.15, -0.1) is 27.8 Å². The lowest BCUT2D eigenvalue weighted by molar-refractivity contribution is -0.136. The van der Waals surface area contributed by atoms with Crippen molar-refractivity contribution < 1.29 is 13.2 Å². The molecule has 5 rings (SSSR count). The third-order valence-electron chi connectivity index (χ3n) is 4.52. The van der Waals surface area contributed by atoms with Crippen LogP contribution >= 0.6 is 34.3 Å². The normalized spacial score (nSPS) is 12.0. The van der Waals surface area contributed by atoms with Crippen LogP contribution in [0, 0.1) is 0 Å². The van der Waals surface area contributed by atoms with Gasteiger partial charge in [0.25, 0.3) is 0 Å². The van der Waals surface area contributed by atoms with E-state index >= 15 is 0 Å². The number of pyridine rings is 1. The molecule has 4 heterocycles. The van der Waals surface area contributed by atoms with Gasteiger partial charge in [-0.2, -0.15) is 17.9 Å². The number of hydrogen-bond acceptors (Lipinski definition) is 7. The summed E-state index contributed by atoms with van der Waals surface area (Å²) in [5.41, 5.74) is 6.13. The molecule has 0 fully saturated rings. The fourth-order valence-corrected chi connectivity index (χ4v) is 5.05. The van der Waals surface area contributed by atoms with Gasteiger partial charge in [-0.1, -0.05) is 17.7 Å². The second kappa shape index (κ2) is 7.29. The fourth-order valence-electron chi connectivity index (χ4n) is 3.15. The summed E-state index contributed by atoms with van der Waals surface area (Å²) in [6, 6.07) is 11.2. The number of tetrazole rings is 1. The van der Waals surface area contributed by atoms with Gasteiger partial charge in [0.05, 0.1) is 32.4 Å². The average Bonchev–Trinajstić information content (AvgIpc) is 3.47. The molecule has 1 aromatic carbocycles. The minimum atomic E-state index is -4.61. The molecule has 0 unspecified atom stereocenters. The van der Waals surface area contributed by atoms with E-state index in [1.807, 2.05) is 0 Å². The van der Waals surface area contributed by atoms with E-state index in [1.54, 1.807) is 41.8 Å². The number of halogens is 4. The molecule has 2 N–H and O–H groups in total. The van der Waals surface area contributed by atoms with Gasteiger partial charge in [0.2, 0.25) is 0 Å². The number of nitrogen functional groups attached to an aromatic ring is 1. The summed E-state index contributed by atoms with van der Waals surface area (Å²) in [4.78, 5) is 5.55. The van der Waals surface area contributed by atoms with E-state index in [9.17, 15) is 13.2 Å². The molecule has 6 nitrogen and oxygen atoms in total. The highest BCUT2D eigenvalue weighted by Gasteiger charge is 2.36. The number of hydrogen-bond donors (Lipinski definition) is 1. The molecule has 0 atom stereocenters. The van der Waals surface area contributed by atoms with Gasteiger partial charge in [0.15, 0.2) is 5.82 Å². The summed E-state index contributed by atoms with van der Waals surface area (Å²) in [6.07, 6.45) is -4.61. The highest BCUT2D eigenvalue weighted by molar-refractivity contribution is 7.22. The molecular formula is C19H10ClF3N6S2. The third-order valence-corrected chi connectivity index (χ3v) is 6.76. The zero-order valence-electron chi connectivity index (χ0n) is 15.3. The van der Waals surface area contributed by atoms with Crippen molar-refractivity contribution in [3.8, 4) is 27.0 Å². The maximum atomic E-state index is 13.9. The lowest BCUT2D eigenvalue weighted by Crippen LogP contribution is -2.07. The van der Waals surface area contributed by atoms with Gasteiger partial charge >= 0.3 is 6.18 Å². The monoisotopic (exact) mass is 478 g/mol. The molecule has 0 amide bonds. The molecule has 12 heteroatoms. The number of nitrogens with two attached hydrogens (primary N) is 1. The minimum Gasteiger partial charge on any atom is -0.397 e. The molecule has 0 aliphatic heterocycles. The first-order valence-corrected chi connectivity index (χ1v) is 10.8. The van der Waals surface area contributed by atoms with Gasteiger partial charge < -0.3 is 5.73 Å². The molecule has 0 radical (unpaired) electrons. The minimum absolute atomic E-state index is 0.0671. The van der Waals surface area contributed by atoms with Crippen LogP contribution in [0.4, 0.5) is 18.9 Å². The van der Waals surface area contributed by atoms with Gasteiger partial charge in [-0.25, -0.2) is 4.98 Å². The number of anilines is 1. The second-order valence-corrected chi connectivity index (χ2v) is 8.83. The van der Waals surface area contributed by atoms with E-state index in [4.69, 9.17) is 17.3 Å². The zero-order chi connectivity index (χ0) is 21.8. The quantitative estimate of drug-likeness (QED) is 0.348. The average molecular weight is 479 g/mol. The van der Waals surface area contributed by atoms with Crippen molar-refractivity contribution in [3.05, 3.63) is 58.4 Å². The van der Waals surface area contributed by atoms with Crippen LogP contribution in [0.1, 0.15) is 5.56 Å². The maximum Gasteiger partial charge on any atom is 0.417 e. The summed E-state index contributed by atoms with van der Waals surface area (Å²) in [7, 11) is 0. The van der Waals surface area contributed by atoms with Crippen molar-refractivity contribution in [2.75, 3.05) is 5.73 Å². The predicted molar refractivity (Wildman–Crippen MR) is 116 cm³/mol. The highest BCUT2D eigenvalue weighted by Crippen LogP contribution is 2.46. The van der Waals surface area contributed by atoms with Crippen molar-refractivity contribution in [1.29, 1.82) is 0 Å². The SMILES string of the molecule is Nc1c(-c2nnnn2-c2ccc(Cl)cc2)sc2nc(-c3cccs3)cc(C(F)(F)F)c12. The zero-order valence-corrected chi connectivity index (χ0v) is 17.6. The molecule has 0 saturated heterocycles. The Morgan fingerprint density at radius 2 is 1.87 bits per heavy atom. The van der Waals surface area contributed by atoms with Gasteiger partial charge in [-0.3, -0.25) is 0 Å². The standard InChI is InChI=1S/C19H10ClF3N6S2/c20-9-3-5-10(6-4-9)29-17(26-27-28-29)16-15(24)14-11(19(21,22)23)8-12(25-18(14)31-16)13-2-1-7-30-13/h1-8H,24H2. The van der Waals surface area contributed by atoms with Crippen LogP contribution in [0.15, 0.2) is 47.8 Å². The molecule has 4 aromatic heterocycles. The maximum absolute atomic E-state index is 13.9.